The second kappa shape index (κ2) is 12.5. The molecule has 0 aromatic heterocycles. The third kappa shape index (κ3) is 9.48. The van der Waals surface area contributed by atoms with E-state index in [1.54, 1.807) is 7.11 Å². The first-order valence-electron chi connectivity index (χ1n) is 9.81. The molecule has 5 nitrogen and oxygen atoms in total. The summed E-state index contributed by atoms with van der Waals surface area (Å²) in [4.78, 5) is 7.34. The molecule has 1 rings (SSSR count). The fraction of sp³-hybridized carbons (Fsp3) is 0.947. The highest BCUT2D eigenvalue weighted by Crippen LogP contribution is 2.17. The summed E-state index contributed by atoms with van der Waals surface area (Å²) in [5, 5.41) is 6.95. The molecule has 1 aliphatic rings. The highest BCUT2D eigenvalue weighted by molar-refractivity contribution is 5.80. The number of hydrogen-bond donors (Lipinski definition) is 2. The molecule has 1 aliphatic heterocycles. The summed E-state index contributed by atoms with van der Waals surface area (Å²) >= 11 is 0. The standard InChI is InChI=1S/C19H40N4O/c1-6-20-19(22-17(4)8-7-16(2)3)21-15-18-9-11-23(12-10-18)13-14-24-5/h16-18H,6-15H2,1-5H3,(H2,20,21,22). The van der Waals surface area contributed by atoms with E-state index in [4.69, 9.17) is 9.73 Å². The smallest absolute Gasteiger partial charge is 0.191 e. The van der Waals surface area contributed by atoms with E-state index in [0.29, 0.717) is 12.0 Å². The highest BCUT2D eigenvalue weighted by Gasteiger charge is 2.18. The lowest BCUT2D eigenvalue weighted by Crippen LogP contribution is -2.43. The molecule has 24 heavy (non-hydrogen) atoms. The van der Waals surface area contributed by atoms with Gasteiger partial charge in [0.1, 0.15) is 0 Å². The lowest BCUT2D eigenvalue weighted by Gasteiger charge is -2.31. The highest BCUT2D eigenvalue weighted by atomic mass is 16.5. The Labute approximate surface area is 149 Å². The first kappa shape index (κ1) is 21.2. The van der Waals surface area contributed by atoms with Crippen LogP contribution >= 0.6 is 0 Å². The molecule has 0 radical (unpaired) electrons. The second-order valence-corrected chi connectivity index (χ2v) is 7.51. The molecule has 1 atom stereocenters. The number of likely N-dealkylation sites (tertiary alicyclic amines) is 1. The van der Waals surface area contributed by atoms with E-state index < -0.39 is 0 Å². The Bertz CT molecular complexity index is 338. The number of hydrogen-bond acceptors (Lipinski definition) is 3. The summed E-state index contributed by atoms with van der Waals surface area (Å²) < 4.78 is 5.17. The van der Waals surface area contributed by atoms with E-state index in [2.05, 4.69) is 43.2 Å². The van der Waals surface area contributed by atoms with Crippen molar-refractivity contribution in [3.05, 3.63) is 0 Å². The first-order chi connectivity index (χ1) is 11.5. The summed E-state index contributed by atoms with van der Waals surface area (Å²) in [7, 11) is 1.78. The van der Waals surface area contributed by atoms with E-state index in [0.717, 1.165) is 38.1 Å². The van der Waals surface area contributed by atoms with E-state index >= 15 is 0 Å². The topological polar surface area (TPSA) is 48.9 Å². The molecule has 0 amide bonds. The van der Waals surface area contributed by atoms with E-state index in [-0.39, 0.29) is 0 Å². The van der Waals surface area contributed by atoms with Crippen LogP contribution in [0.3, 0.4) is 0 Å². The van der Waals surface area contributed by atoms with Gasteiger partial charge in [-0.3, -0.25) is 4.99 Å². The molecule has 0 bridgehead atoms. The van der Waals surface area contributed by atoms with Crippen molar-refractivity contribution in [3.8, 4) is 0 Å². The van der Waals surface area contributed by atoms with E-state index in [9.17, 15) is 0 Å². The van der Waals surface area contributed by atoms with Crippen LogP contribution < -0.4 is 10.6 Å². The summed E-state index contributed by atoms with van der Waals surface area (Å²) in [6.07, 6.45) is 4.94. The predicted octanol–water partition coefficient (Wildman–Crippen LogP) is 2.72. The van der Waals surface area contributed by atoms with Crippen LogP contribution in [0.15, 0.2) is 4.99 Å². The SMILES string of the molecule is CCNC(=NCC1CCN(CCOC)CC1)NC(C)CCC(C)C. The maximum atomic E-state index is 5.17. The Kier molecular flexibility index (Phi) is 11.1. The van der Waals surface area contributed by atoms with Gasteiger partial charge < -0.3 is 20.3 Å². The van der Waals surface area contributed by atoms with Crippen LogP contribution in [0.4, 0.5) is 0 Å². The fourth-order valence-corrected chi connectivity index (χ4v) is 3.04. The number of nitrogens with zero attached hydrogens (tertiary/aromatic N) is 2. The molecule has 1 fully saturated rings. The third-order valence-corrected chi connectivity index (χ3v) is 4.73. The van der Waals surface area contributed by atoms with Crippen molar-refractivity contribution in [3.63, 3.8) is 0 Å². The van der Waals surface area contributed by atoms with Gasteiger partial charge in [-0.05, 0) is 64.5 Å². The Morgan fingerprint density at radius 3 is 2.50 bits per heavy atom. The van der Waals surface area contributed by atoms with Gasteiger partial charge in [0.25, 0.3) is 0 Å². The van der Waals surface area contributed by atoms with Crippen LogP contribution in [0.2, 0.25) is 0 Å². The zero-order valence-electron chi connectivity index (χ0n) is 16.6. The van der Waals surface area contributed by atoms with Crippen molar-refractivity contribution in [2.45, 2.75) is 59.4 Å². The molecule has 2 N–H and O–H groups in total. The first-order valence-corrected chi connectivity index (χ1v) is 9.81. The summed E-state index contributed by atoms with van der Waals surface area (Å²) in [6.45, 7) is 15.1. The summed E-state index contributed by atoms with van der Waals surface area (Å²) in [5.41, 5.74) is 0. The molecule has 1 saturated heterocycles. The van der Waals surface area contributed by atoms with Crippen molar-refractivity contribution in [2.75, 3.05) is 46.4 Å². The normalized spacial score (nSPS) is 18.8. The largest absolute Gasteiger partial charge is 0.383 e. The molecule has 1 heterocycles. The average Bonchev–Trinajstić information content (AvgIpc) is 2.57. The van der Waals surface area contributed by atoms with Gasteiger partial charge in [0.05, 0.1) is 6.61 Å². The Morgan fingerprint density at radius 2 is 1.92 bits per heavy atom. The Balaban J connectivity index is 2.35. The summed E-state index contributed by atoms with van der Waals surface area (Å²) in [5.74, 6) is 2.46. The number of ether oxygens (including phenoxy) is 1. The lowest BCUT2D eigenvalue weighted by molar-refractivity contribution is 0.121. The Morgan fingerprint density at radius 1 is 1.21 bits per heavy atom. The minimum Gasteiger partial charge on any atom is -0.383 e. The molecule has 0 spiro atoms. The second-order valence-electron chi connectivity index (χ2n) is 7.51. The van der Waals surface area contributed by atoms with Crippen LogP contribution in [-0.2, 0) is 4.74 Å². The summed E-state index contributed by atoms with van der Waals surface area (Å²) in [6, 6.07) is 0.473. The number of methoxy groups -OCH3 is 1. The predicted molar refractivity (Wildman–Crippen MR) is 104 cm³/mol. The van der Waals surface area contributed by atoms with Crippen LogP contribution in [-0.4, -0.2) is 63.3 Å². The minimum absolute atomic E-state index is 0.473. The zero-order chi connectivity index (χ0) is 17.8. The Hall–Kier alpha value is -0.810. The number of piperidine rings is 1. The maximum absolute atomic E-state index is 5.17. The van der Waals surface area contributed by atoms with Gasteiger partial charge in [-0.2, -0.15) is 0 Å². The van der Waals surface area contributed by atoms with Crippen LogP contribution in [0.5, 0.6) is 0 Å². The molecule has 1 unspecified atom stereocenters. The van der Waals surface area contributed by atoms with Crippen molar-refractivity contribution in [1.29, 1.82) is 0 Å². The number of nitrogens with one attached hydrogen (secondary N) is 2. The van der Waals surface area contributed by atoms with E-state index in [1.807, 2.05) is 0 Å². The van der Waals surface area contributed by atoms with Crippen molar-refractivity contribution >= 4 is 5.96 Å². The zero-order valence-corrected chi connectivity index (χ0v) is 16.6. The minimum atomic E-state index is 0.473. The fourth-order valence-electron chi connectivity index (χ4n) is 3.04. The van der Waals surface area contributed by atoms with E-state index in [1.165, 1.54) is 38.8 Å². The van der Waals surface area contributed by atoms with Crippen molar-refractivity contribution in [2.24, 2.45) is 16.8 Å². The van der Waals surface area contributed by atoms with Crippen LogP contribution in [0, 0.1) is 11.8 Å². The maximum Gasteiger partial charge on any atom is 0.191 e. The average molecular weight is 341 g/mol. The molecular weight excluding hydrogens is 300 g/mol. The quantitative estimate of drug-likeness (QED) is 0.474. The number of guanidine groups is 1. The van der Waals surface area contributed by atoms with Gasteiger partial charge in [0.15, 0.2) is 5.96 Å². The van der Waals surface area contributed by atoms with Gasteiger partial charge >= 0.3 is 0 Å². The lowest BCUT2D eigenvalue weighted by atomic mass is 9.97. The third-order valence-electron chi connectivity index (χ3n) is 4.73. The van der Waals surface area contributed by atoms with Crippen LogP contribution in [0.1, 0.15) is 53.4 Å². The van der Waals surface area contributed by atoms with Gasteiger partial charge in [-0.25, -0.2) is 0 Å². The molecule has 0 aliphatic carbocycles. The molecule has 0 saturated carbocycles. The molecule has 142 valence electrons. The van der Waals surface area contributed by atoms with Gasteiger partial charge in [-0.1, -0.05) is 13.8 Å². The molecule has 0 aromatic carbocycles. The number of aliphatic imine (C=N–C) groups is 1. The van der Waals surface area contributed by atoms with Crippen molar-refractivity contribution in [1.82, 2.24) is 15.5 Å². The molecule has 5 heteroatoms. The van der Waals surface area contributed by atoms with Gasteiger partial charge in [0.2, 0.25) is 0 Å². The molecule has 0 aromatic rings. The monoisotopic (exact) mass is 340 g/mol. The number of rotatable bonds is 10. The van der Waals surface area contributed by atoms with Gasteiger partial charge in [0, 0.05) is 32.8 Å². The molecular formula is C19H40N4O. The van der Waals surface area contributed by atoms with Gasteiger partial charge in [-0.15, -0.1) is 0 Å². The van der Waals surface area contributed by atoms with Crippen LogP contribution in [0.25, 0.3) is 0 Å². The van der Waals surface area contributed by atoms with Crippen molar-refractivity contribution < 1.29 is 4.74 Å².